The van der Waals surface area contributed by atoms with E-state index in [1.165, 1.54) is 116 Å². The van der Waals surface area contributed by atoms with Gasteiger partial charge in [-0.15, -0.1) is 0 Å². The van der Waals surface area contributed by atoms with Crippen LogP contribution < -0.4 is 0 Å². The van der Waals surface area contributed by atoms with E-state index in [4.69, 9.17) is 42.2 Å². The lowest BCUT2D eigenvalue weighted by atomic mass is 9.84. The van der Waals surface area contributed by atoms with E-state index >= 15 is 0 Å². The van der Waals surface area contributed by atoms with Gasteiger partial charge in [0, 0.05) is 19.3 Å². The number of rotatable bonds is 58. The van der Waals surface area contributed by atoms with E-state index in [2.05, 4.69) is 32.9 Å². The zero-order chi connectivity index (χ0) is 70.4. The molecule has 3 aliphatic rings. The average Bonchev–Trinajstić information content (AvgIpc) is 0.763. The van der Waals surface area contributed by atoms with E-state index in [1.807, 2.05) is 0 Å². The predicted molar refractivity (Wildman–Crippen MR) is 361 cm³/mol. The smallest absolute Gasteiger partial charge is 0.463 e. The van der Waals surface area contributed by atoms with Crippen molar-refractivity contribution in [2.45, 2.75) is 395 Å². The summed E-state index contributed by atoms with van der Waals surface area (Å²) < 4.78 is 65.0. The second kappa shape index (κ2) is 53.5. The second-order valence-corrected chi connectivity index (χ2v) is 28.4. The zero-order valence-electron chi connectivity index (χ0n) is 58.7. The molecule has 0 aromatic heterocycles. The lowest BCUT2D eigenvalue weighted by Crippen LogP contribution is -2.69. The number of allylic oxidation sites excluding steroid dienone is 2. The third-order valence-electron chi connectivity index (χ3n) is 18.5. The molecular weight excluding hydrogens is 1270 g/mol. The molecule has 25 heteroatoms. The van der Waals surface area contributed by atoms with Gasteiger partial charge in [-0.25, -0.2) is 4.57 Å². The standard InChI is InChI=1S/C71H131O24P/c1-4-7-10-13-16-19-22-25-27-29-31-34-37-40-43-46-56(74)88-51-54-59(77)61(79)66(84)71(92-54)94-68-64(82)62(80)63(81)67(93-70-65(83)60(78)58(76)53(48-72)91-70)69(68)95-96(85,86)89-50-52(49-87-55(73)45-42-39-36-33-30-24-21-18-15-12-9-6-3)90-57(75)47-44-41-38-35-32-28-26-23-20-17-14-11-8-5-2/h19,22,52-54,58-72,76-84H,4-18,20-21,23-51H2,1-3H3,(H,85,86)/b22-19-. The fraction of sp³-hybridized carbons (Fsp3) is 0.930. The molecule has 96 heavy (non-hydrogen) atoms. The molecule has 3 fully saturated rings. The number of ether oxygens (including phenoxy) is 7. The molecule has 1 saturated carbocycles. The van der Waals surface area contributed by atoms with Crippen molar-refractivity contribution in [3.8, 4) is 0 Å². The molecule has 0 spiro atoms. The highest BCUT2D eigenvalue weighted by atomic mass is 31.2. The van der Waals surface area contributed by atoms with Crippen LogP contribution in [-0.2, 0) is 61.2 Å². The summed E-state index contributed by atoms with van der Waals surface area (Å²) in [6.07, 6.45) is 11.4. The maximum absolute atomic E-state index is 14.3. The first-order valence-corrected chi connectivity index (χ1v) is 39.0. The molecule has 24 nitrogen and oxygen atoms in total. The van der Waals surface area contributed by atoms with Crippen LogP contribution in [0.25, 0.3) is 0 Å². The molecule has 2 aliphatic heterocycles. The number of aliphatic hydroxyl groups excluding tert-OH is 10. The highest BCUT2D eigenvalue weighted by Gasteiger charge is 2.58. The lowest BCUT2D eigenvalue weighted by Gasteiger charge is -2.49. The van der Waals surface area contributed by atoms with Crippen molar-refractivity contribution in [1.29, 1.82) is 0 Å². The van der Waals surface area contributed by atoms with Crippen LogP contribution in [0.1, 0.15) is 290 Å². The number of carbonyl (C=O) groups excluding carboxylic acids is 3. The molecule has 18 unspecified atom stereocenters. The third-order valence-corrected chi connectivity index (χ3v) is 19.5. The van der Waals surface area contributed by atoms with E-state index in [1.54, 1.807) is 0 Å². The first-order valence-electron chi connectivity index (χ1n) is 37.5. The fourth-order valence-corrected chi connectivity index (χ4v) is 13.4. The van der Waals surface area contributed by atoms with Gasteiger partial charge in [0.15, 0.2) is 18.7 Å². The summed E-state index contributed by atoms with van der Waals surface area (Å²) >= 11 is 0. The quantitative estimate of drug-likeness (QED) is 0.00886. The van der Waals surface area contributed by atoms with E-state index in [-0.39, 0.29) is 19.3 Å². The maximum atomic E-state index is 14.3. The van der Waals surface area contributed by atoms with Crippen molar-refractivity contribution >= 4 is 25.7 Å². The molecule has 0 bridgehead atoms. The average molecular weight is 1400 g/mol. The number of unbranched alkanes of at least 4 members (excludes halogenated alkanes) is 35. The van der Waals surface area contributed by atoms with Crippen molar-refractivity contribution in [1.82, 2.24) is 0 Å². The predicted octanol–water partition coefficient (Wildman–Crippen LogP) is 9.96. The molecule has 2 saturated heterocycles. The number of phosphoric ester groups is 1. The molecule has 0 aromatic carbocycles. The molecule has 0 amide bonds. The largest absolute Gasteiger partial charge is 0.472 e. The van der Waals surface area contributed by atoms with Gasteiger partial charge in [0.2, 0.25) is 0 Å². The number of carbonyl (C=O) groups is 3. The minimum absolute atomic E-state index is 0.0248. The summed E-state index contributed by atoms with van der Waals surface area (Å²) in [4.78, 5) is 50.9. The van der Waals surface area contributed by atoms with Gasteiger partial charge in [-0.05, 0) is 44.9 Å². The van der Waals surface area contributed by atoms with Crippen LogP contribution in [0.15, 0.2) is 12.2 Å². The Kier molecular flexibility index (Phi) is 49.0. The minimum atomic E-state index is -5.69. The number of aliphatic hydroxyl groups is 10. The Morgan fingerprint density at radius 2 is 0.729 bits per heavy atom. The van der Waals surface area contributed by atoms with Crippen LogP contribution >= 0.6 is 7.82 Å². The number of esters is 3. The van der Waals surface area contributed by atoms with E-state index in [9.17, 15) is 74.9 Å². The molecule has 11 N–H and O–H groups in total. The molecule has 0 radical (unpaired) electrons. The Morgan fingerprint density at radius 3 is 1.14 bits per heavy atom. The Balaban J connectivity index is 1.73. The summed E-state index contributed by atoms with van der Waals surface area (Å²) in [6.45, 7) is 3.43. The lowest BCUT2D eigenvalue weighted by molar-refractivity contribution is -0.360. The summed E-state index contributed by atoms with van der Waals surface area (Å²) in [6, 6.07) is 0. The van der Waals surface area contributed by atoms with Crippen LogP contribution in [0.4, 0.5) is 0 Å². The summed E-state index contributed by atoms with van der Waals surface area (Å²) in [7, 11) is -5.69. The van der Waals surface area contributed by atoms with E-state index in [0.717, 1.165) is 116 Å². The maximum Gasteiger partial charge on any atom is 0.472 e. The van der Waals surface area contributed by atoms with Gasteiger partial charge in [-0.3, -0.25) is 23.4 Å². The number of phosphoric acid groups is 1. The van der Waals surface area contributed by atoms with Crippen molar-refractivity contribution < 1.29 is 117 Å². The third kappa shape index (κ3) is 36.5. The van der Waals surface area contributed by atoms with Gasteiger partial charge < -0.3 is 89.1 Å². The second-order valence-electron chi connectivity index (χ2n) is 27.0. The van der Waals surface area contributed by atoms with Crippen molar-refractivity contribution in [3.63, 3.8) is 0 Å². The fourth-order valence-electron chi connectivity index (χ4n) is 12.4. The monoisotopic (exact) mass is 1400 g/mol. The first-order chi connectivity index (χ1) is 46.3. The normalized spacial score (nSPS) is 28.0. The Bertz CT molecular complexity index is 2040. The minimum Gasteiger partial charge on any atom is -0.463 e. The Morgan fingerprint density at radius 1 is 0.396 bits per heavy atom. The van der Waals surface area contributed by atoms with Gasteiger partial charge in [-0.2, -0.15) is 0 Å². The van der Waals surface area contributed by atoms with Crippen LogP contribution in [0, 0.1) is 0 Å². The SMILES string of the molecule is CCCCCC/C=C\CCCCCCCCCC(=O)OCC1OC(OC2C(O)C(O)C(O)C(OC3OC(CO)C(O)C(O)C3O)C2OP(=O)(O)OCC(COC(=O)CCCCCCCCCCCCCC)OC(=O)CCCCCCCCCCCCCCCC)C(O)C(O)C1O. The molecule has 564 valence electrons. The highest BCUT2D eigenvalue weighted by Crippen LogP contribution is 2.49. The van der Waals surface area contributed by atoms with Gasteiger partial charge in [0.1, 0.15) is 98.7 Å². The topological polar surface area (TPSA) is 374 Å². The highest BCUT2D eigenvalue weighted by molar-refractivity contribution is 7.47. The van der Waals surface area contributed by atoms with Gasteiger partial charge in [0.25, 0.3) is 0 Å². The van der Waals surface area contributed by atoms with Crippen molar-refractivity contribution in [3.05, 3.63) is 12.2 Å². The zero-order valence-corrected chi connectivity index (χ0v) is 59.6. The summed E-state index contributed by atoms with van der Waals surface area (Å²) in [5.41, 5.74) is 0. The van der Waals surface area contributed by atoms with Crippen molar-refractivity contribution in [2.75, 3.05) is 26.4 Å². The van der Waals surface area contributed by atoms with Gasteiger partial charge in [0.05, 0.1) is 13.2 Å². The van der Waals surface area contributed by atoms with Gasteiger partial charge in [-0.1, -0.05) is 238 Å². The van der Waals surface area contributed by atoms with Crippen LogP contribution in [0.3, 0.4) is 0 Å². The molecule has 1 aliphatic carbocycles. The molecule has 0 aromatic rings. The summed E-state index contributed by atoms with van der Waals surface area (Å²) in [5.74, 6) is -1.98. The molecule has 3 rings (SSSR count). The van der Waals surface area contributed by atoms with Crippen molar-refractivity contribution in [2.24, 2.45) is 0 Å². The first kappa shape index (κ1) is 87.9. The molecule has 18 atom stereocenters. The Labute approximate surface area is 573 Å². The summed E-state index contributed by atoms with van der Waals surface area (Å²) in [5, 5.41) is 110. The molecular formula is C71H131O24P. The van der Waals surface area contributed by atoms with Gasteiger partial charge >= 0.3 is 25.7 Å². The van der Waals surface area contributed by atoms with E-state index in [0.29, 0.717) is 19.3 Å². The Hall–Kier alpha value is -2.30. The molecule has 2 heterocycles. The van der Waals surface area contributed by atoms with Crippen LogP contribution in [0.2, 0.25) is 0 Å². The number of hydrogen-bond acceptors (Lipinski definition) is 23. The van der Waals surface area contributed by atoms with E-state index < -0.39 is 156 Å². The van der Waals surface area contributed by atoms with Crippen LogP contribution in [0.5, 0.6) is 0 Å². The van der Waals surface area contributed by atoms with Crippen LogP contribution in [-0.4, -0.2) is 204 Å². The number of hydrogen-bond donors (Lipinski definition) is 11.